The lowest BCUT2D eigenvalue weighted by atomic mass is 9.95. The summed E-state index contributed by atoms with van der Waals surface area (Å²) in [5, 5.41) is 56.5. The minimum atomic E-state index is -1.59. The van der Waals surface area contributed by atoms with Crippen molar-refractivity contribution in [3.8, 4) is 0 Å². The van der Waals surface area contributed by atoms with E-state index in [-0.39, 0.29) is 13.0 Å². The SMILES string of the molecule is CCC[C@H](O)[C@H](O)[C@H](O)[C@H](O)[C@H](O)CCCCO. The summed E-state index contributed by atoms with van der Waals surface area (Å²) in [6.07, 6.45) is -4.70. The molecule has 6 heteroatoms. The van der Waals surface area contributed by atoms with Gasteiger partial charge in [0.1, 0.15) is 18.3 Å². The van der Waals surface area contributed by atoms with Gasteiger partial charge < -0.3 is 30.6 Å². The Morgan fingerprint density at radius 2 is 1.22 bits per heavy atom. The van der Waals surface area contributed by atoms with Crippen LogP contribution < -0.4 is 0 Å². The maximum atomic E-state index is 9.64. The van der Waals surface area contributed by atoms with Crippen molar-refractivity contribution in [2.75, 3.05) is 6.61 Å². The molecule has 0 rings (SSSR count). The first-order valence-electron chi connectivity index (χ1n) is 6.46. The standard InChI is InChI=1S/C12H26O6/c1-2-5-8(14)10(16)12(18)11(17)9(15)6-3-4-7-13/h8-18H,2-7H2,1H3/t8-,9+,10-,11+,12-/m0/s1. The van der Waals surface area contributed by atoms with Gasteiger partial charge in [0.2, 0.25) is 0 Å². The number of hydrogen-bond donors (Lipinski definition) is 6. The molecule has 0 unspecified atom stereocenters. The highest BCUT2D eigenvalue weighted by Crippen LogP contribution is 2.14. The number of aliphatic hydroxyl groups is 6. The topological polar surface area (TPSA) is 121 Å². The molecule has 0 bridgehead atoms. The van der Waals surface area contributed by atoms with E-state index >= 15 is 0 Å². The Kier molecular flexibility index (Phi) is 9.53. The zero-order valence-electron chi connectivity index (χ0n) is 10.8. The number of unbranched alkanes of at least 4 members (excludes halogenated alkanes) is 1. The minimum absolute atomic E-state index is 0.00318. The van der Waals surface area contributed by atoms with Crippen molar-refractivity contribution >= 4 is 0 Å². The molecule has 0 amide bonds. The van der Waals surface area contributed by atoms with Crippen LogP contribution in [0.3, 0.4) is 0 Å². The van der Waals surface area contributed by atoms with Gasteiger partial charge in [-0.3, -0.25) is 0 Å². The van der Waals surface area contributed by atoms with Crippen molar-refractivity contribution < 1.29 is 30.6 Å². The molecule has 0 aliphatic heterocycles. The van der Waals surface area contributed by atoms with E-state index < -0.39 is 30.5 Å². The third kappa shape index (κ3) is 6.08. The summed E-state index contributed by atoms with van der Waals surface area (Å²) >= 11 is 0. The molecule has 18 heavy (non-hydrogen) atoms. The molecule has 0 radical (unpaired) electrons. The van der Waals surface area contributed by atoms with Gasteiger partial charge in [-0.1, -0.05) is 13.3 Å². The van der Waals surface area contributed by atoms with Crippen LogP contribution in [-0.4, -0.2) is 67.8 Å². The molecule has 0 fully saturated rings. The summed E-state index contributed by atoms with van der Waals surface area (Å²) < 4.78 is 0. The van der Waals surface area contributed by atoms with Gasteiger partial charge in [0.05, 0.1) is 12.2 Å². The van der Waals surface area contributed by atoms with Gasteiger partial charge in [-0.2, -0.15) is 0 Å². The second kappa shape index (κ2) is 9.66. The summed E-state index contributed by atoms with van der Waals surface area (Å²) in [5.41, 5.74) is 0. The fourth-order valence-electron chi connectivity index (χ4n) is 1.76. The molecule has 110 valence electrons. The van der Waals surface area contributed by atoms with E-state index in [1.54, 1.807) is 0 Å². The van der Waals surface area contributed by atoms with Crippen LogP contribution >= 0.6 is 0 Å². The van der Waals surface area contributed by atoms with Crippen LogP contribution in [-0.2, 0) is 0 Å². The predicted molar refractivity (Wildman–Crippen MR) is 65.9 cm³/mol. The third-order valence-electron chi connectivity index (χ3n) is 2.98. The average Bonchev–Trinajstić information content (AvgIpc) is 2.36. The summed E-state index contributed by atoms with van der Waals surface area (Å²) in [7, 11) is 0. The van der Waals surface area contributed by atoms with Crippen LogP contribution in [0.15, 0.2) is 0 Å². The molecule has 0 spiro atoms. The Balaban J connectivity index is 4.17. The minimum Gasteiger partial charge on any atom is -0.396 e. The number of aliphatic hydroxyl groups excluding tert-OH is 6. The molecule has 0 aromatic rings. The number of hydrogen-bond acceptors (Lipinski definition) is 6. The zero-order chi connectivity index (χ0) is 14.1. The molecule has 0 saturated carbocycles. The van der Waals surface area contributed by atoms with Crippen LogP contribution in [0.5, 0.6) is 0 Å². The largest absolute Gasteiger partial charge is 0.396 e. The smallest absolute Gasteiger partial charge is 0.111 e. The third-order valence-corrected chi connectivity index (χ3v) is 2.98. The van der Waals surface area contributed by atoms with E-state index in [1.807, 2.05) is 6.92 Å². The van der Waals surface area contributed by atoms with E-state index in [1.165, 1.54) is 0 Å². The van der Waals surface area contributed by atoms with Crippen molar-refractivity contribution in [1.82, 2.24) is 0 Å². The number of rotatable bonds is 10. The lowest BCUT2D eigenvalue weighted by Gasteiger charge is -2.29. The van der Waals surface area contributed by atoms with Gasteiger partial charge in [0, 0.05) is 6.61 Å². The highest BCUT2D eigenvalue weighted by atomic mass is 16.4. The van der Waals surface area contributed by atoms with Crippen molar-refractivity contribution in [3.05, 3.63) is 0 Å². The predicted octanol–water partition coefficient (Wildman–Crippen LogP) is -1.25. The fourth-order valence-corrected chi connectivity index (χ4v) is 1.76. The van der Waals surface area contributed by atoms with Crippen LogP contribution in [0, 0.1) is 0 Å². The van der Waals surface area contributed by atoms with Crippen molar-refractivity contribution in [2.24, 2.45) is 0 Å². The first-order chi connectivity index (χ1) is 8.45. The molecule has 6 nitrogen and oxygen atoms in total. The van der Waals surface area contributed by atoms with Gasteiger partial charge in [0.25, 0.3) is 0 Å². The maximum absolute atomic E-state index is 9.64. The zero-order valence-corrected chi connectivity index (χ0v) is 10.8. The Bertz CT molecular complexity index is 201. The lowest BCUT2D eigenvalue weighted by Crippen LogP contribution is -2.49. The molecule has 0 aromatic heterocycles. The van der Waals surface area contributed by atoms with E-state index in [0.717, 1.165) is 0 Å². The Labute approximate surface area is 108 Å². The molecule has 0 aromatic carbocycles. The van der Waals surface area contributed by atoms with Gasteiger partial charge in [0.15, 0.2) is 0 Å². The summed E-state index contributed by atoms with van der Waals surface area (Å²) in [6.45, 7) is 1.83. The molecular formula is C12H26O6. The fraction of sp³-hybridized carbons (Fsp3) is 1.00. The summed E-state index contributed by atoms with van der Waals surface area (Å²) in [5.74, 6) is 0. The van der Waals surface area contributed by atoms with Crippen LogP contribution in [0.1, 0.15) is 39.0 Å². The summed E-state index contributed by atoms with van der Waals surface area (Å²) in [4.78, 5) is 0. The second-order valence-electron chi connectivity index (χ2n) is 4.61. The molecule has 6 N–H and O–H groups in total. The van der Waals surface area contributed by atoms with Crippen molar-refractivity contribution in [1.29, 1.82) is 0 Å². The molecular weight excluding hydrogens is 240 g/mol. The average molecular weight is 266 g/mol. The van der Waals surface area contributed by atoms with Crippen LogP contribution in [0.25, 0.3) is 0 Å². The van der Waals surface area contributed by atoms with Crippen molar-refractivity contribution in [3.63, 3.8) is 0 Å². The van der Waals surface area contributed by atoms with E-state index in [4.69, 9.17) is 5.11 Å². The van der Waals surface area contributed by atoms with Gasteiger partial charge in [-0.15, -0.1) is 0 Å². The van der Waals surface area contributed by atoms with Crippen molar-refractivity contribution in [2.45, 2.75) is 69.5 Å². The van der Waals surface area contributed by atoms with Gasteiger partial charge in [-0.25, -0.2) is 0 Å². The quantitative estimate of drug-likeness (QED) is 0.275. The molecule has 0 aliphatic rings. The highest BCUT2D eigenvalue weighted by molar-refractivity contribution is 4.84. The van der Waals surface area contributed by atoms with Crippen LogP contribution in [0.2, 0.25) is 0 Å². The molecule has 5 atom stereocenters. The highest BCUT2D eigenvalue weighted by Gasteiger charge is 2.33. The Morgan fingerprint density at radius 1 is 0.722 bits per heavy atom. The summed E-state index contributed by atoms with van der Waals surface area (Å²) in [6, 6.07) is 0. The van der Waals surface area contributed by atoms with E-state index in [0.29, 0.717) is 25.7 Å². The molecule has 0 heterocycles. The Hall–Kier alpha value is -0.240. The van der Waals surface area contributed by atoms with E-state index in [2.05, 4.69) is 0 Å². The normalized spacial score (nSPS) is 20.2. The molecule has 0 aliphatic carbocycles. The second-order valence-corrected chi connectivity index (χ2v) is 4.61. The first-order valence-corrected chi connectivity index (χ1v) is 6.46. The maximum Gasteiger partial charge on any atom is 0.111 e. The van der Waals surface area contributed by atoms with Crippen LogP contribution in [0.4, 0.5) is 0 Å². The first kappa shape index (κ1) is 17.8. The van der Waals surface area contributed by atoms with E-state index in [9.17, 15) is 25.5 Å². The Morgan fingerprint density at radius 3 is 1.67 bits per heavy atom. The lowest BCUT2D eigenvalue weighted by molar-refractivity contribution is -0.135. The monoisotopic (exact) mass is 266 g/mol. The van der Waals surface area contributed by atoms with Gasteiger partial charge in [-0.05, 0) is 25.7 Å². The van der Waals surface area contributed by atoms with Gasteiger partial charge >= 0.3 is 0 Å². The molecule has 0 saturated heterocycles.